The molecule has 0 aliphatic rings. The fraction of sp³-hybridized carbons (Fsp3) is 0.250. The highest BCUT2D eigenvalue weighted by Gasteiger charge is 2.11. The maximum absolute atomic E-state index is 11.5. The summed E-state index contributed by atoms with van der Waals surface area (Å²) in [6.45, 7) is 3.78. The summed E-state index contributed by atoms with van der Waals surface area (Å²) in [5.41, 5.74) is 0.924. The van der Waals surface area contributed by atoms with E-state index in [0.29, 0.717) is 6.54 Å². The van der Waals surface area contributed by atoms with Gasteiger partial charge in [0.1, 0.15) is 0 Å². The Morgan fingerprint density at radius 3 is 2.67 bits per heavy atom. The van der Waals surface area contributed by atoms with Crippen molar-refractivity contribution < 1.29 is 4.79 Å². The van der Waals surface area contributed by atoms with Gasteiger partial charge in [0.25, 0.3) is 0 Å². The zero-order valence-electron chi connectivity index (χ0n) is 8.75. The van der Waals surface area contributed by atoms with Crippen molar-refractivity contribution in [3.8, 4) is 11.8 Å². The molecule has 1 aromatic rings. The number of rotatable bonds is 2. The van der Waals surface area contributed by atoms with Gasteiger partial charge in [-0.2, -0.15) is 0 Å². The summed E-state index contributed by atoms with van der Waals surface area (Å²) in [6.07, 6.45) is 0. The van der Waals surface area contributed by atoms with Crippen LogP contribution in [-0.4, -0.2) is 12.5 Å². The summed E-state index contributed by atoms with van der Waals surface area (Å²) in [5, 5.41) is 0. The van der Waals surface area contributed by atoms with Crippen molar-refractivity contribution >= 4 is 34.2 Å². The first kappa shape index (κ1) is 12.1. The lowest BCUT2D eigenvalue weighted by Crippen LogP contribution is -2.29. The molecule has 15 heavy (non-hydrogen) atoms. The first-order valence-electron chi connectivity index (χ1n) is 4.59. The number of halogens is 1. The van der Waals surface area contributed by atoms with Crippen LogP contribution in [0.5, 0.6) is 0 Å². The van der Waals surface area contributed by atoms with E-state index in [1.807, 2.05) is 24.3 Å². The summed E-state index contributed by atoms with van der Waals surface area (Å²) >= 11 is 2.22. The molecule has 0 saturated carbocycles. The highest BCUT2D eigenvalue weighted by molar-refractivity contribution is 14.1. The molecule has 3 heteroatoms. The molecule has 0 aliphatic heterocycles. The zero-order chi connectivity index (χ0) is 11.3. The predicted molar refractivity (Wildman–Crippen MR) is 70.6 cm³/mol. The molecule has 0 bridgehead atoms. The third-order valence-corrected chi connectivity index (χ3v) is 2.85. The van der Waals surface area contributed by atoms with Gasteiger partial charge in [-0.1, -0.05) is 18.1 Å². The van der Waals surface area contributed by atoms with Crippen LogP contribution in [0.1, 0.15) is 13.8 Å². The first-order valence-corrected chi connectivity index (χ1v) is 5.67. The van der Waals surface area contributed by atoms with E-state index in [1.165, 1.54) is 0 Å². The van der Waals surface area contributed by atoms with Gasteiger partial charge in [-0.3, -0.25) is 9.69 Å². The third kappa shape index (κ3) is 3.24. The van der Waals surface area contributed by atoms with Crippen molar-refractivity contribution in [1.82, 2.24) is 0 Å². The number of para-hydroxylation sites is 1. The summed E-state index contributed by atoms with van der Waals surface area (Å²) in [4.78, 5) is 13.1. The molecule has 78 valence electrons. The van der Waals surface area contributed by atoms with Gasteiger partial charge in [-0.05, 0) is 41.6 Å². The highest BCUT2D eigenvalue weighted by atomic mass is 127. The lowest BCUT2D eigenvalue weighted by atomic mass is 10.3. The first-order chi connectivity index (χ1) is 7.16. The van der Waals surface area contributed by atoms with Crippen LogP contribution in [-0.2, 0) is 4.79 Å². The minimum Gasteiger partial charge on any atom is -0.300 e. The number of carbonyl (C=O) groups excluding carboxylic acids is 1. The Bertz CT molecular complexity index is 417. The molecule has 0 heterocycles. The van der Waals surface area contributed by atoms with Crippen molar-refractivity contribution in [2.45, 2.75) is 13.8 Å². The second-order valence-corrected chi connectivity index (χ2v) is 4.15. The predicted octanol–water partition coefficient (Wildman–Crippen LogP) is 2.67. The van der Waals surface area contributed by atoms with Gasteiger partial charge < -0.3 is 0 Å². The monoisotopic (exact) mass is 313 g/mol. The van der Waals surface area contributed by atoms with Gasteiger partial charge >= 0.3 is 0 Å². The van der Waals surface area contributed by atoms with Crippen LogP contribution in [0, 0.1) is 15.4 Å². The Hall–Kier alpha value is -1.02. The van der Waals surface area contributed by atoms with Gasteiger partial charge in [0, 0.05) is 10.5 Å². The number of carbonyl (C=O) groups is 1. The van der Waals surface area contributed by atoms with Gasteiger partial charge in [0.15, 0.2) is 0 Å². The topological polar surface area (TPSA) is 20.3 Å². The number of amides is 1. The SMILES string of the molecule is CC#CCN(C(C)=O)c1ccccc1I. The molecule has 0 radical (unpaired) electrons. The fourth-order valence-electron chi connectivity index (χ4n) is 1.19. The van der Waals surface area contributed by atoms with Crippen LogP contribution in [0.15, 0.2) is 24.3 Å². The number of hydrogen-bond acceptors (Lipinski definition) is 1. The van der Waals surface area contributed by atoms with Crippen LogP contribution in [0.4, 0.5) is 5.69 Å². The summed E-state index contributed by atoms with van der Waals surface area (Å²) in [6, 6.07) is 7.79. The number of benzene rings is 1. The zero-order valence-corrected chi connectivity index (χ0v) is 10.9. The molecule has 1 rings (SSSR count). The van der Waals surface area contributed by atoms with E-state index in [0.717, 1.165) is 9.26 Å². The molecule has 0 aromatic heterocycles. The Kier molecular flexibility index (Phi) is 4.63. The van der Waals surface area contributed by atoms with Crippen LogP contribution < -0.4 is 4.90 Å². The largest absolute Gasteiger partial charge is 0.300 e. The lowest BCUT2D eigenvalue weighted by molar-refractivity contribution is -0.116. The Balaban J connectivity index is 3.02. The van der Waals surface area contributed by atoms with Gasteiger partial charge in [-0.25, -0.2) is 0 Å². The molecule has 1 aromatic carbocycles. The molecule has 0 atom stereocenters. The normalized spacial score (nSPS) is 9.00. The van der Waals surface area contributed by atoms with E-state index in [-0.39, 0.29) is 5.91 Å². The maximum Gasteiger partial charge on any atom is 0.224 e. The third-order valence-electron chi connectivity index (χ3n) is 1.94. The van der Waals surface area contributed by atoms with E-state index in [1.54, 1.807) is 18.7 Å². The molecule has 0 unspecified atom stereocenters. The smallest absolute Gasteiger partial charge is 0.224 e. The molecular weight excluding hydrogens is 301 g/mol. The van der Waals surface area contributed by atoms with Crippen molar-refractivity contribution in [1.29, 1.82) is 0 Å². The molecule has 0 aliphatic carbocycles. The van der Waals surface area contributed by atoms with E-state index in [4.69, 9.17) is 0 Å². The Morgan fingerprint density at radius 1 is 1.47 bits per heavy atom. The second kappa shape index (κ2) is 5.76. The van der Waals surface area contributed by atoms with E-state index in [9.17, 15) is 4.79 Å². The summed E-state index contributed by atoms with van der Waals surface area (Å²) in [7, 11) is 0. The molecule has 0 N–H and O–H groups in total. The molecular formula is C12H12INO. The summed E-state index contributed by atoms with van der Waals surface area (Å²) in [5.74, 6) is 5.72. The molecule has 1 amide bonds. The van der Waals surface area contributed by atoms with Crippen LogP contribution in [0.25, 0.3) is 0 Å². The van der Waals surface area contributed by atoms with E-state index in [2.05, 4.69) is 34.4 Å². The summed E-state index contributed by atoms with van der Waals surface area (Å²) < 4.78 is 1.06. The average molecular weight is 313 g/mol. The second-order valence-electron chi connectivity index (χ2n) is 2.98. The fourth-order valence-corrected chi connectivity index (χ4v) is 1.87. The van der Waals surface area contributed by atoms with Crippen molar-refractivity contribution in [2.75, 3.05) is 11.4 Å². The van der Waals surface area contributed by atoms with Crippen molar-refractivity contribution in [2.24, 2.45) is 0 Å². The van der Waals surface area contributed by atoms with Crippen LogP contribution in [0.3, 0.4) is 0 Å². The van der Waals surface area contributed by atoms with Gasteiger partial charge in [0.05, 0.1) is 12.2 Å². The Labute approximate surface area is 104 Å². The average Bonchev–Trinajstić information content (AvgIpc) is 2.20. The van der Waals surface area contributed by atoms with Gasteiger partial charge in [-0.15, -0.1) is 5.92 Å². The standard InChI is InChI=1S/C12H12INO/c1-3-4-9-14(10(2)15)12-8-6-5-7-11(12)13/h5-8H,9H2,1-2H3. The minimum atomic E-state index is 0.0156. The van der Waals surface area contributed by atoms with E-state index < -0.39 is 0 Å². The molecule has 0 spiro atoms. The Morgan fingerprint density at radius 2 is 2.13 bits per heavy atom. The van der Waals surface area contributed by atoms with Crippen LogP contribution >= 0.6 is 22.6 Å². The highest BCUT2D eigenvalue weighted by Crippen LogP contribution is 2.21. The number of nitrogens with zero attached hydrogens (tertiary/aromatic N) is 1. The number of hydrogen-bond donors (Lipinski definition) is 0. The lowest BCUT2D eigenvalue weighted by Gasteiger charge is -2.19. The van der Waals surface area contributed by atoms with Crippen LogP contribution in [0.2, 0.25) is 0 Å². The van der Waals surface area contributed by atoms with Gasteiger partial charge in [0.2, 0.25) is 5.91 Å². The minimum absolute atomic E-state index is 0.0156. The number of anilines is 1. The molecule has 2 nitrogen and oxygen atoms in total. The van der Waals surface area contributed by atoms with E-state index >= 15 is 0 Å². The molecule has 0 saturated heterocycles. The molecule has 0 fully saturated rings. The maximum atomic E-state index is 11.5. The quantitative estimate of drug-likeness (QED) is 0.607. The van der Waals surface area contributed by atoms with Crippen molar-refractivity contribution in [3.63, 3.8) is 0 Å². The van der Waals surface area contributed by atoms with Crippen molar-refractivity contribution in [3.05, 3.63) is 27.8 Å².